The number of nitrogens with zero attached hydrogens (tertiary/aromatic N) is 1. The lowest BCUT2D eigenvalue weighted by Crippen LogP contribution is -2.31. The van der Waals surface area contributed by atoms with Gasteiger partial charge in [-0.1, -0.05) is 60.7 Å². The van der Waals surface area contributed by atoms with Crippen LogP contribution in [0.4, 0.5) is 8.78 Å². The highest BCUT2D eigenvalue weighted by Gasteiger charge is 2.20. The van der Waals surface area contributed by atoms with Crippen molar-refractivity contribution in [2.45, 2.75) is 18.9 Å². The Labute approximate surface area is 227 Å². The maximum absolute atomic E-state index is 14.6. The van der Waals surface area contributed by atoms with Crippen molar-refractivity contribution in [3.8, 4) is 11.5 Å². The Morgan fingerprint density at radius 1 is 0.872 bits per heavy atom. The lowest BCUT2D eigenvalue weighted by Gasteiger charge is -2.29. The van der Waals surface area contributed by atoms with Crippen LogP contribution >= 0.6 is 0 Å². The van der Waals surface area contributed by atoms with Crippen LogP contribution in [0.5, 0.6) is 11.5 Å². The normalized spacial score (nSPS) is 11.1. The van der Waals surface area contributed by atoms with Crippen LogP contribution < -0.4 is 15.2 Å². The monoisotopic (exact) mass is 530 g/mol. The van der Waals surface area contributed by atoms with Gasteiger partial charge in [-0.2, -0.15) is 0 Å². The lowest BCUT2D eigenvalue weighted by atomic mass is 9.90. The van der Waals surface area contributed by atoms with Gasteiger partial charge in [0.15, 0.2) is 11.5 Å². The van der Waals surface area contributed by atoms with Gasteiger partial charge < -0.3 is 15.2 Å². The van der Waals surface area contributed by atoms with E-state index in [4.69, 9.17) is 15.2 Å². The fourth-order valence-electron chi connectivity index (χ4n) is 4.59. The minimum atomic E-state index is -0.557. The molecule has 0 aliphatic rings. The molecule has 4 aromatic carbocycles. The summed E-state index contributed by atoms with van der Waals surface area (Å²) < 4.78 is 39.9. The molecule has 5 nitrogen and oxygen atoms in total. The molecule has 0 spiro atoms. The van der Waals surface area contributed by atoms with Crippen LogP contribution in [0.15, 0.2) is 97.1 Å². The van der Waals surface area contributed by atoms with Crippen LogP contribution in [0, 0.1) is 11.6 Å². The van der Waals surface area contributed by atoms with Gasteiger partial charge >= 0.3 is 0 Å². The van der Waals surface area contributed by atoms with E-state index in [0.717, 1.165) is 23.3 Å². The van der Waals surface area contributed by atoms with Crippen molar-refractivity contribution in [1.82, 2.24) is 4.90 Å². The van der Waals surface area contributed by atoms with Gasteiger partial charge in [0.25, 0.3) is 0 Å². The molecule has 0 radical (unpaired) electrons. The lowest BCUT2D eigenvalue weighted by molar-refractivity contribution is 0.0999. The molecule has 202 valence electrons. The number of ether oxygens (including phenoxy) is 2. The predicted octanol–water partition coefficient (Wildman–Crippen LogP) is 6.18. The molecule has 0 saturated carbocycles. The summed E-state index contributed by atoms with van der Waals surface area (Å²) in [6, 6.07) is 28.6. The Hall–Kier alpha value is -4.23. The number of hydrogen-bond acceptors (Lipinski definition) is 4. The van der Waals surface area contributed by atoms with Crippen molar-refractivity contribution in [3.05, 3.63) is 131 Å². The molecule has 0 aromatic heterocycles. The molecule has 2 N–H and O–H groups in total. The Balaban J connectivity index is 1.53. The quantitative estimate of drug-likeness (QED) is 0.210. The molecule has 4 aromatic rings. The van der Waals surface area contributed by atoms with Crippen LogP contribution in [0.1, 0.15) is 39.4 Å². The first-order chi connectivity index (χ1) is 18.9. The second kappa shape index (κ2) is 13.5. The van der Waals surface area contributed by atoms with E-state index in [1.807, 2.05) is 36.4 Å². The van der Waals surface area contributed by atoms with Gasteiger partial charge in [-0.3, -0.25) is 9.69 Å². The summed E-state index contributed by atoms with van der Waals surface area (Å²) in [5, 5.41) is 0. The minimum Gasteiger partial charge on any atom is -0.493 e. The molecular weight excluding hydrogens is 498 g/mol. The molecule has 1 amide bonds. The van der Waals surface area contributed by atoms with Gasteiger partial charge in [-0.05, 0) is 53.9 Å². The van der Waals surface area contributed by atoms with E-state index >= 15 is 0 Å². The number of amides is 1. The Kier molecular flexibility index (Phi) is 9.64. The number of rotatable bonds is 13. The van der Waals surface area contributed by atoms with Gasteiger partial charge in [0.2, 0.25) is 5.91 Å². The highest BCUT2D eigenvalue weighted by Crippen LogP contribution is 2.29. The molecular formula is C32H32F2N2O3. The molecule has 4 rings (SSSR count). The van der Waals surface area contributed by atoms with E-state index in [-0.39, 0.29) is 12.5 Å². The average molecular weight is 531 g/mol. The summed E-state index contributed by atoms with van der Waals surface area (Å²) in [5.74, 6) is -0.536. The molecule has 0 heterocycles. The first-order valence-corrected chi connectivity index (χ1v) is 12.8. The molecule has 7 heteroatoms. The van der Waals surface area contributed by atoms with E-state index in [1.165, 1.54) is 13.2 Å². The number of benzene rings is 4. The molecule has 0 bridgehead atoms. The molecule has 0 fully saturated rings. The smallest absolute Gasteiger partial charge is 0.248 e. The summed E-state index contributed by atoms with van der Waals surface area (Å²) in [4.78, 5) is 13.7. The van der Waals surface area contributed by atoms with E-state index < -0.39 is 17.5 Å². The molecule has 0 atom stereocenters. The Bertz CT molecular complexity index is 1330. The molecule has 0 aliphatic carbocycles. The Morgan fingerprint density at radius 3 is 2.15 bits per heavy atom. The number of methoxy groups -OCH3 is 1. The maximum Gasteiger partial charge on any atom is 0.248 e. The fraction of sp³-hybridized carbons (Fsp3) is 0.219. The van der Waals surface area contributed by atoms with Crippen LogP contribution in [0.2, 0.25) is 0 Å². The van der Waals surface area contributed by atoms with Crippen molar-refractivity contribution in [1.29, 1.82) is 0 Å². The summed E-state index contributed by atoms with van der Waals surface area (Å²) >= 11 is 0. The summed E-state index contributed by atoms with van der Waals surface area (Å²) in [7, 11) is 1.52. The van der Waals surface area contributed by atoms with E-state index in [2.05, 4.69) is 29.2 Å². The van der Waals surface area contributed by atoms with E-state index in [0.29, 0.717) is 48.7 Å². The van der Waals surface area contributed by atoms with Crippen molar-refractivity contribution < 1.29 is 23.0 Å². The number of hydrogen-bond donors (Lipinski definition) is 1. The van der Waals surface area contributed by atoms with E-state index in [1.54, 1.807) is 18.2 Å². The first kappa shape index (κ1) is 27.8. The molecule has 0 aliphatic heterocycles. The zero-order valence-corrected chi connectivity index (χ0v) is 21.9. The average Bonchev–Trinajstić information content (AvgIpc) is 2.96. The van der Waals surface area contributed by atoms with Gasteiger partial charge in [0.1, 0.15) is 11.6 Å². The number of nitrogens with two attached hydrogens (primary N) is 1. The molecule has 0 saturated heterocycles. The van der Waals surface area contributed by atoms with Crippen molar-refractivity contribution in [3.63, 3.8) is 0 Å². The zero-order chi connectivity index (χ0) is 27.6. The zero-order valence-electron chi connectivity index (χ0n) is 21.9. The highest BCUT2D eigenvalue weighted by molar-refractivity contribution is 5.93. The van der Waals surface area contributed by atoms with Gasteiger partial charge in [-0.25, -0.2) is 8.78 Å². The van der Waals surface area contributed by atoms with Crippen LogP contribution in [-0.2, 0) is 6.54 Å². The third-order valence-corrected chi connectivity index (χ3v) is 6.57. The Morgan fingerprint density at radius 2 is 1.54 bits per heavy atom. The number of carbonyl (C=O) groups excluding carboxylic acids is 1. The second-order valence-corrected chi connectivity index (χ2v) is 9.28. The summed E-state index contributed by atoms with van der Waals surface area (Å²) in [6.07, 6.45) is 0.594. The molecule has 39 heavy (non-hydrogen) atoms. The van der Waals surface area contributed by atoms with Crippen molar-refractivity contribution >= 4 is 5.91 Å². The molecule has 0 unspecified atom stereocenters. The minimum absolute atomic E-state index is 0.0253. The maximum atomic E-state index is 14.6. The third-order valence-electron chi connectivity index (χ3n) is 6.57. The van der Waals surface area contributed by atoms with Crippen molar-refractivity contribution in [2.24, 2.45) is 5.73 Å². The van der Waals surface area contributed by atoms with Crippen LogP contribution in [0.3, 0.4) is 0 Å². The SMILES string of the molecule is COc1ccc(C(N)=O)cc1OCCCN(Cc1cc(F)ccc1F)CC(c1ccccc1)c1ccccc1. The number of primary amides is 1. The second-order valence-electron chi connectivity index (χ2n) is 9.28. The van der Waals surface area contributed by atoms with Gasteiger partial charge in [-0.15, -0.1) is 0 Å². The third kappa shape index (κ3) is 7.65. The predicted molar refractivity (Wildman–Crippen MR) is 148 cm³/mol. The summed E-state index contributed by atoms with van der Waals surface area (Å²) in [6.45, 7) is 1.71. The van der Waals surface area contributed by atoms with Crippen LogP contribution in [-0.4, -0.2) is 37.6 Å². The van der Waals surface area contributed by atoms with Crippen molar-refractivity contribution in [2.75, 3.05) is 26.8 Å². The largest absolute Gasteiger partial charge is 0.493 e. The van der Waals surface area contributed by atoms with E-state index in [9.17, 15) is 13.6 Å². The number of halogens is 2. The number of carbonyl (C=O) groups is 1. The topological polar surface area (TPSA) is 64.8 Å². The highest BCUT2D eigenvalue weighted by atomic mass is 19.1. The fourth-order valence-corrected chi connectivity index (χ4v) is 4.59. The summed E-state index contributed by atoms with van der Waals surface area (Å²) in [5.41, 5.74) is 8.30. The van der Waals surface area contributed by atoms with Gasteiger partial charge in [0, 0.05) is 36.7 Å². The van der Waals surface area contributed by atoms with Gasteiger partial charge in [0.05, 0.1) is 13.7 Å². The standard InChI is InChI=1S/C32H32F2N2O3/c1-38-30-16-13-25(32(35)37)20-31(30)39-18-8-17-36(21-26-19-27(33)14-15-29(26)34)22-28(23-9-4-2-5-10-23)24-11-6-3-7-12-24/h2-7,9-16,19-20,28H,8,17-18,21-22H2,1H3,(H2,35,37). The first-order valence-electron chi connectivity index (χ1n) is 12.8. The van der Waals surface area contributed by atoms with Crippen LogP contribution in [0.25, 0.3) is 0 Å².